The SMILES string of the molecule is O=C(O)C1CCN(C(=O)NCCOC2CCCCC2)C1. The second kappa shape index (κ2) is 7.47. The van der Waals surface area contributed by atoms with Gasteiger partial charge >= 0.3 is 12.0 Å². The quantitative estimate of drug-likeness (QED) is 0.749. The number of nitrogens with one attached hydrogen (secondary N) is 1. The zero-order chi connectivity index (χ0) is 14.4. The Hall–Kier alpha value is -1.30. The number of hydrogen-bond donors (Lipinski definition) is 2. The van der Waals surface area contributed by atoms with Crippen molar-refractivity contribution in [3.8, 4) is 0 Å². The molecule has 2 amide bonds. The molecule has 2 N–H and O–H groups in total. The Morgan fingerprint density at radius 2 is 1.95 bits per heavy atom. The summed E-state index contributed by atoms with van der Waals surface area (Å²) in [4.78, 5) is 24.2. The van der Waals surface area contributed by atoms with Gasteiger partial charge < -0.3 is 20.1 Å². The van der Waals surface area contributed by atoms with Gasteiger partial charge in [0.1, 0.15) is 0 Å². The van der Waals surface area contributed by atoms with Gasteiger partial charge in [-0.2, -0.15) is 0 Å². The summed E-state index contributed by atoms with van der Waals surface area (Å²) in [6.07, 6.45) is 6.92. The number of hydrogen-bond acceptors (Lipinski definition) is 3. The van der Waals surface area contributed by atoms with Crippen LogP contribution >= 0.6 is 0 Å². The van der Waals surface area contributed by atoms with Crippen LogP contribution in [0.15, 0.2) is 0 Å². The number of amides is 2. The lowest BCUT2D eigenvalue weighted by Gasteiger charge is -2.22. The molecule has 0 spiro atoms. The van der Waals surface area contributed by atoms with Crippen LogP contribution in [0.1, 0.15) is 38.5 Å². The van der Waals surface area contributed by atoms with Gasteiger partial charge in [-0.1, -0.05) is 19.3 Å². The Bertz CT molecular complexity index is 342. The molecule has 2 fully saturated rings. The summed E-state index contributed by atoms with van der Waals surface area (Å²) < 4.78 is 5.73. The van der Waals surface area contributed by atoms with Gasteiger partial charge in [0.25, 0.3) is 0 Å². The van der Waals surface area contributed by atoms with E-state index in [1.165, 1.54) is 19.3 Å². The minimum Gasteiger partial charge on any atom is -0.481 e. The van der Waals surface area contributed by atoms with Crippen molar-refractivity contribution in [1.29, 1.82) is 0 Å². The van der Waals surface area contributed by atoms with Gasteiger partial charge in [0, 0.05) is 19.6 Å². The molecule has 6 nitrogen and oxygen atoms in total. The highest BCUT2D eigenvalue weighted by atomic mass is 16.5. The summed E-state index contributed by atoms with van der Waals surface area (Å²) in [5.74, 6) is -1.24. The summed E-state index contributed by atoms with van der Waals surface area (Å²) in [5.41, 5.74) is 0. The van der Waals surface area contributed by atoms with Crippen LogP contribution in [0.3, 0.4) is 0 Å². The molecule has 0 aromatic carbocycles. The van der Waals surface area contributed by atoms with Crippen LogP contribution in [0.25, 0.3) is 0 Å². The van der Waals surface area contributed by atoms with Gasteiger partial charge in [-0.15, -0.1) is 0 Å². The van der Waals surface area contributed by atoms with E-state index in [0.29, 0.717) is 38.8 Å². The van der Waals surface area contributed by atoms with Gasteiger partial charge in [-0.25, -0.2) is 4.79 Å². The number of nitrogens with zero attached hydrogens (tertiary/aromatic N) is 1. The number of likely N-dealkylation sites (tertiary alicyclic amines) is 1. The zero-order valence-electron chi connectivity index (χ0n) is 11.8. The third-order valence-electron chi connectivity index (χ3n) is 4.11. The summed E-state index contributed by atoms with van der Waals surface area (Å²) in [5, 5.41) is 11.7. The average Bonchev–Trinajstić information content (AvgIpc) is 2.94. The van der Waals surface area contributed by atoms with Crippen LogP contribution in [0, 0.1) is 5.92 Å². The zero-order valence-corrected chi connectivity index (χ0v) is 11.8. The van der Waals surface area contributed by atoms with Gasteiger partial charge in [-0.3, -0.25) is 4.79 Å². The van der Waals surface area contributed by atoms with Crippen LogP contribution in [-0.2, 0) is 9.53 Å². The molecule has 1 aliphatic heterocycles. The van der Waals surface area contributed by atoms with Crippen molar-refractivity contribution in [3.63, 3.8) is 0 Å². The van der Waals surface area contributed by atoms with E-state index in [-0.39, 0.29) is 6.03 Å². The number of ether oxygens (including phenoxy) is 1. The molecule has 1 aliphatic carbocycles. The van der Waals surface area contributed by atoms with Crippen molar-refractivity contribution >= 4 is 12.0 Å². The topological polar surface area (TPSA) is 78.9 Å². The van der Waals surface area contributed by atoms with Crippen molar-refractivity contribution in [2.75, 3.05) is 26.2 Å². The van der Waals surface area contributed by atoms with Crippen LogP contribution in [-0.4, -0.2) is 54.4 Å². The average molecular weight is 284 g/mol. The number of rotatable bonds is 5. The second-order valence-corrected chi connectivity index (χ2v) is 5.63. The first-order chi connectivity index (χ1) is 9.66. The third-order valence-corrected chi connectivity index (χ3v) is 4.11. The van der Waals surface area contributed by atoms with Crippen molar-refractivity contribution in [3.05, 3.63) is 0 Å². The van der Waals surface area contributed by atoms with E-state index in [1.807, 2.05) is 0 Å². The molecule has 20 heavy (non-hydrogen) atoms. The van der Waals surface area contributed by atoms with Crippen LogP contribution in [0.5, 0.6) is 0 Å². The molecule has 6 heteroatoms. The lowest BCUT2D eigenvalue weighted by Crippen LogP contribution is -2.40. The first-order valence-corrected chi connectivity index (χ1v) is 7.54. The minimum atomic E-state index is -0.819. The van der Waals surface area contributed by atoms with Crippen molar-refractivity contribution in [2.24, 2.45) is 5.92 Å². The second-order valence-electron chi connectivity index (χ2n) is 5.63. The molecule has 0 bridgehead atoms. The maximum Gasteiger partial charge on any atom is 0.317 e. The molecule has 0 aromatic rings. The molecule has 1 unspecified atom stereocenters. The van der Waals surface area contributed by atoms with Crippen LogP contribution < -0.4 is 5.32 Å². The molecule has 2 aliphatic rings. The van der Waals surface area contributed by atoms with Gasteiger partial charge in [0.2, 0.25) is 0 Å². The number of urea groups is 1. The Balaban J connectivity index is 1.57. The van der Waals surface area contributed by atoms with E-state index in [1.54, 1.807) is 4.90 Å². The Kier molecular flexibility index (Phi) is 5.64. The molecule has 1 saturated carbocycles. The molecule has 114 valence electrons. The third kappa shape index (κ3) is 4.37. The highest BCUT2D eigenvalue weighted by molar-refractivity contribution is 5.77. The summed E-state index contributed by atoms with van der Waals surface area (Å²) in [6, 6.07) is -0.180. The molecule has 1 atom stereocenters. The number of carbonyl (C=O) groups excluding carboxylic acids is 1. The molecule has 2 rings (SSSR count). The van der Waals surface area contributed by atoms with Gasteiger partial charge in [0.15, 0.2) is 0 Å². The van der Waals surface area contributed by atoms with Gasteiger partial charge in [-0.05, 0) is 19.3 Å². The first kappa shape index (κ1) is 15.1. The van der Waals surface area contributed by atoms with E-state index in [2.05, 4.69) is 5.32 Å². The highest BCUT2D eigenvalue weighted by Gasteiger charge is 2.30. The van der Waals surface area contributed by atoms with Crippen molar-refractivity contribution < 1.29 is 19.4 Å². The number of carbonyl (C=O) groups is 2. The standard InChI is InChI=1S/C14H24N2O4/c17-13(18)11-6-8-16(10-11)14(19)15-7-9-20-12-4-2-1-3-5-12/h11-12H,1-10H2,(H,15,19)(H,17,18). The van der Waals surface area contributed by atoms with Crippen molar-refractivity contribution in [1.82, 2.24) is 10.2 Å². The Labute approximate surface area is 119 Å². The first-order valence-electron chi connectivity index (χ1n) is 7.54. The predicted octanol–water partition coefficient (Wildman–Crippen LogP) is 1.45. The van der Waals surface area contributed by atoms with E-state index in [4.69, 9.17) is 9.84 Å². The maximum absolute atomic E-state index is 11.8. The number of carboxylic acid groups (broad SMARTS) is 1. The summed E-state index contributed by atoms with van der Waals surface area (Å²) >= 11 is 0. The molecule has 1 saturated heterocycles. The maximum atomic E-state index is 11.8. The minimum absolute atomic E-state index is 0.180. The van der Waals surface area contributed by atoms with E-state index in [9.17, 15) is 9.59 Å². The number of aliphatic carboxylic acids is 1. The predicted molar refractivity (Wildman–Crippen MR) is 73.5 cm³/mol. The fraction of sp³-hybridized carbons (Fsp3) is 0.857. The molecule has 1 heterocycles. The fourth-order valence-electron chi connectivity index (χ4n) is 2.87. The van der Waals surface area contributed by atoms with E-state index < -0.39 is 11.9 Å². The lowest BCUT2D eigenvalue weighted by atomic mass is 9.98. The fourth-order valence-corrected chi connectivity index (χ4v) is 2.87. The molecule has 0 radical (unpaired) electrons. The number of carboxylic acids is 1. The Morgan fingerprint density at radius 3 is 2.60 bits per heavy atom. The van der Waals surface area contributed by atoms with E-state index in [0.717, 1.165) is 12.8 Å². The smallest absolute Gasteiger partial charge is 0.317 e. The summed E-state index contributed by atoms with van der Waals surface area (Å²) in [6.45, 7) is 1.85. The lowest BCUT2D eigenvalue weighted by molar-refractivity contribution is -0.141. The molecule has 0 aromatic heterocycles. The monoisotopic (exact) mass is 284 g/mol. The summed E-state index contributed by atoms with van der Waals surface area (Å²) in [7, 11) is 0. The van der Waals surface area contributed by atoms with Crippen LogP contribution in [0.4, 0.5) is 4.79 Å². The van der Waals surface area contributed by atoms with Crippen LogP contribution in [0.2, 0.25) is 0 Å². The van der Waals surface area contributed by atoms with E-state index >= 15 is 0 Å². The largest absolute Gasteiger partial charge is 0.481 e. The highest BCUT2D eigenvalue weighted by Crippen LogP contribution is 2.20. The van der Waals surface area contributed by atoms with Crippen molar-refractivity contribution in [2.45, 2.75) is 44.6 Å². The molecular weight excluding hydrogens is 260 g/mol. The normalized spacial score (nSPS) is 23.8. The molecular formula is C14H24N2O4. The Morgan fingerprint density at radius 1 is 1.20 bits per heavy atom. The van der Waals surface area contributed by atoms with Gasteiger partial charge in [0.05, 0.1) is 18.6 Å².